The van der Waals surface area contributed by atoms with Gasteiger partial charge in [-0.2, -0.15) is 9.41 Å². The SMILES string of the molecule is Cc1cc(C)c(S(=O)(=O)N(CC(=O)N/N=C/c2cc(Br)ccc2O)Cc2ccc(Cl)c(Cl)c2)c(C)c1. The van der Waals surface area contributed by atoms with E-state index in [4.69, 9.17) is 23.2 Å². The maximum atomic E-state index is 13.8. The first kappa shape index (κ1) is 28.1. The van der Waals surface area contributed by atoms with Gasteiger partial charge in [-0.1, -0.05) is 62.9 Å². The molecule has 0 radical (unpaired) electrons. The van der Waals surface area contributed by atoms with Crippen LogP contribution in [0, 0.1) is 20.8 Å². The number of rotatable bonds is 8. The number of aryl methyl sites for hydroxylation is 3. The number of sulfonamides is 1. The second-order valence-electron chi connectivity index (χ2n) is 8.25. The molecule has 0 saturated carbocycles. The molecule has 0 saturated heterocycles. The number of nitrogens with one attached hydrogen (secondary N) is 1. The Hall–Kier alpha value is -2.43. The van der Waals surface area contributed by atoms with Gasteiger partial charge in [0, 0.05) is 16.6 Å². The lowest BCUT2D eigenvalue weighted by Gasteiger charge is -2.24. The van der Waals surface area contributed by atoms with Crippen LogP contribution in [0.1, 0.15) is 27.8 Å². The first-order valence-electron chi connectivity index (χ1n) is 10.7. The number of carbonyl (C=O) groups is 1. The van der Waals surface area contributed by atoms with E-state index in [1.807, 2.05) is 6.92 Å². The average molecular weight is 613 g/mol. The zero-order chi connectivity index (χ0) is 26.6. The second kappa shape index (κ2) is 11.7. The summed E-state index contributed by atoms with van der Waals surface area (Å²) in [6, 6.07) is 13.1. The van der Waals surface area contributed by atoms with Crippen LogP contribution in [0.25, 0.3) is 0 Å². The fourth-order valence-electron chi connectivity index (χ4n) is 3.77. The van der Waals surface area contributed by atoms with Crippen molar-refractivity contribution in [2.45, 2.75) is 32.2 Å². The molecule has 0 aliphatic rings. The molecular weight excluding hydrogens is 589 g/mol. The fraction of sp³-hybridized carbons (Fsp3) is 0.200. The van der Waals surface area contributed by atoms with Gasteiger partial charge in [0.15, 0.2) is 0 Å². The molecule has 0 spiro atoms. The van der Waals surface area contributed by atoms with Gasteiger partial charge in [-0.25, -0.2) is 13.8 Å². The largest absolute Gasteiger partial charge is 0.507 e. The van der Waals surface area contributed by atoms with E-state index < -0.39 is 22.5 Å². The van der Waals surface area contributed by atoms with Gasteiger partial charge >= 0.3 is 0 Å². The summed E-state index contributed by atoms with van der Waals surface area (Å²) >= 11 is 15.4. The van der Waals surface area contributed by atoms with Crippen molar-refractivity contribution >= 4 is 61.3 Å². The number of aromatic hydroxyl groups is 1. The van der Waals surface area contributed by atoms with Crippen LogP contribution < -0.4 is 5.43 Å². The van der Waals surface area contributed by atoms with E-state index in [2.05, 4.69) is 26.5 Å². The molecule has 36 heavy (non-hydrogen) atoms. The summed E-state index contributed by atoms with van der Waals surface area (Å²) in [7, 11) is -4.09. The molecule has 0 aliphatic carbocycles. The number of amides is 1. The molecule has 3 rings (SSSR count). The van der Waals surface area contributed by atoms with Crippen molar-refractivity contribution in [3.8, 4) is 5.75 Å². The van der Waals surface area contributed by atoms with Crippen LogP contribution in [-0.2, 0) is 21.4 Å². The molecule has 2 N–H and O–H groups in total. The predicted molar refractivity (Wildman–Crippen MR) is 146 cm³/mol. The van der Waals surface area contributed by atoms with Crippen molar-refractivity contribution in [1.29, 1.82) is 0 Å². The standard InChI is InChI=1S/C25H24BrCl2N3O4S/c1-15-8-16(2)25(17(3)9-15)36(34,35)31(13-18-4-6-21(27)22(28)10-18)14-24(33)30-29-12-19-11-20(26)5-7-23(19)32/h4-12,32H,13-14H2,1-3H3,(H,30,33)/b29-12+. The number of phenols is 1. The molecule has 0 heterocycles. The van der Waals surface area contributed by atoms with E-state index in [0.29, 0.717) is 27.3 Å². The Labute approximate surface area is 228 Å². The van der Waals surface area contributed by atoms with E-state index in [9.17, 15) is 18.3 Å². The van der Waals surface area contributed by atoms with Gasteiger partial charge in [-0.05, 0) is 67.8 Å². The minimum Gasteiger partial charge on any atom is -0.507 e. The Morgan fingerprint density at radius 3 is 2.36 bits per heavy atom. The molecule has 0 atom stereocenters. The van der Waals surface area contributed by atoms with Crippen LogP contribution in [0.15, 0.2) is 63.0 Å². The van der Waals surface area contributed by atoms with Gasteiger partial charge < -0.3 is 5.11 Å². The Morgan fingerprint density at radius 2 is 1.72 bits per heavy atom. The lowest BCUT2D eigenvalue weighted by molar-refractivity contribution is -0.121. The van der Waals surface area contributed by atoms with Crippen molar-refractivity contribution in [2.24, 2.45) is 5.10 Å². The molecule has 0 aromatic heterocycles. The van der Waals surface area contributed by atoms with Crippen molar-refractivity contribution in [1.82, 2.24) is 9.73 Å². The third-order valence-electron chi connectivity index (χ3n) is 5.25. The minimum absolute atomic E-state index is 0.0228. The first-order chi connectivity index (χ1) is 16.9. The molecule has 1 amide bonds. The second-order valence-corrected chi connectivity index (χ2v) is 11.9. The van der Waals surface area contributed by atoms with Crippen LogP contribution >= 0.6 is 39.1 Å². The zero-order valence-corrected chi connectivity index (χ0v) is 23.6. The summed E-state index contributed by atoms with van der Waals surface area (Å²) in [5.74, 6) is -0.683. The third-order valence-corrected chi connectivity index (χ3v) is 8.58. The molecular formula is C25H24BrCl2N3O4S. The number of hydrazone groups is 1. The van der Waals surface area contributed by atoms with Crippen molar-refractivity contribution in [3.05, 3.63) is 90.9 Å². The molecule has 0 bridgehead atoms. The Morgan fingerprint density at radius 1 is 1.06 bits per heavy atom. The molecule has 190 valence electrons. The molecule has 0 unspecified atom stereocenters. The zero-order valence-electron chi connectivity index (χ0n) is 19.7. The fourth-order valence-corrected chi connectivity index (χ4v) is 6.26. The van der Waals surface area contributed by atoms with Gasteiger partial charge in [0.2, 0.25) is 10.0 Å². The number of halogens is 3. The summed E-state index contributed by atoms with van der Waals surface area (Å²) in [6.45, 7) is 4.71. The lowest BCUT2D eigenvalue weighted by atomic mass is 10.1. The number of hydrogen-bond acceptors (Lipinski definition) is 5. The minimum atomic E-state index is -4.09. The molecule has 0 fully saturated rings. The molecule has 0 aliphatic heterocycles. The van der Waals surface area contributed by atoms with E-state index in [1.54, 1.807) is 56.3 Å². The van der Waals surface area contributed by atoms with Gasteiger partial charge in [0.05, 0.1) is 27.7 Å². The van der Waals surface area contributed by atoms with Crippen LogP contribution in [-0.4, -0.2) is 36.5 Å². The summed E-state index contributed by atoms with van der Waals surface area (Å²) in [5.41, 5.74) is 5.35. The van der Waals surface area contributed by atoms with Crippen molar-refractivity contribution in [3.63, 3.8) is 0 Å². The highest BCUT2D eigenvalue weighted by atomic mass is 79.9. The summed E-state index contributed by atoms with van der Waals surface area (Å²) in [5, 5.41) is 14.4. The highest BCUT2D eigenvalue weighted by molar-refractivity contribution is 9.10. The predicted octanol–water partition coefficient (Wildman–Crippen LogP) is 5.73. The highest BCUT2D eigenvalue weighted by Gasteiger charge is 2.30. The van der Waals surface area contributed by atoms with Gasteiger partial charge in [-0.3, -0.25) is 4.79 Å². The maximum Gasteiger partial charge on any atom is 0.255 e. The number of carbonyl (C=O) groups excluding carboxylic acids is 1. The highest BCUT2D eigenvalue weighted by Crippen LogP contribution is 2.28. The maximum absolute atomic E-state index is 13.8. The van der Waals surface area contributed by atoms with E-state index in [-0.39, 0.29) is 22.2 Å². The molecule has 3 aromatic carbocycles. The number of nitrogens with zero attached hydrogens (tertiary/aromatic N) is 2. The Bertz CT molecular complexity index is 1420. The summed E-state index contributed by atoms with van der Waals surface area (Å²) in [6.07, 6.45) is 1.27. The summed E-state index contributed by atoms with van der Waals surface area (Å²) < 4.78 is 29.3. The summed E-state index contributed by atoms with van der Waals surface area (Å²) in [4.78, 5) is 12.9. The van der Waals surface area contributed by atoms with E-state index >= 15 is 0 Å². The van der Waals surface area contributed by atoms with Gasteiger partial charge in [-0.15, -0.1) is 0 Å². The number of hydrogen-bond donors (Lipinski definition) is 2. The van der Waals surface area contributed by atoms with E-state index in [0.717, 1.165) is 14.3 Å². The van der Waals surface area contributed by atoms with Crippen LogP contribution in [0.3, 0.4) is 0 Å². The average Bonchev–Trinajstić information content (AvgIpc) is 2.77. The molecule has 3 aromatic rings. The number of benzene rings is 3. The first-order valence-corrected chi connectivity index (χ1v) is 13.7. The monoisotopic (exact) mass is 611 g/mol. The lowest BCUT2D eigenvalue weighted by Crippen LogP contribution is -2.39. The van der Waals surface area contributed by atoms with Crippen LogP contribution in [0.5, 0.6) is 5.75 Å². The van der Waals surface area contributed by atoms with Gasteiger partial charge in [0.25, 0.3) is 5.91 Å². The van der Waals surface area contributed by atoms with Crippen LogP contribution in [0.4, 0.5) is 0 Å². The molecule has 11 heteroatoms. The third kappa shape index (κ3) is 6.86. The van der Waals surface area contributed by atoms with E-state index in [1.165, 1.54) is 12.3 Å². The number of phenolic OH excluding ortho intramolecular Hbond substituents is 1. The quantitative estimate of drug-likeness (QED) is 0.251. The van der Waals surface area contributed by atoms with Crippen molar-refractivity contribution < 1.29 is 18.3 Å². The topological polar surface area (TPSA) is 99.1 Å². The smallest absolute Gasteiger partial charge is 0.255 e. The molecule has 7 nitrogen and oxygen atoms in total. The Kier molecular flexibility index (Phi) is 9.18. The van der Waals surface area contributed by atoms with Crippen LogP contribution in [0.2, 0.25) is 10.0 Å². The normalized spacial score (nSPS) is 11.9. The Balaban J connectivity index is 1.91. The van der Waals surface area contributed by atoms with Crippen molar-refractivity contribution in [2.75, 3.05) is 6.54 Å². The van der Waals surface area contributed by atoms with Gasteiger partial charge in [0.1, 0.15) is 5.75 Å².